The number of fused-ring (bicyclic) bond motifs is 1. The van der Waals surface area contributed by atoms with E-state index in [4.69, 9.17) is 0 Å². The van der Waals surface area contributed by atoms with Crippen molar-refractivity contribution in [2.75, 3.05) is 0 Å². The summed E-state index contributed by atoms with van der Waals surface area (Å²) in [5.74, 6) is 0. The normalized spacial score (nSPS) is 10.9. The highest BCUT2D eigenvalue weighted by Gasteiger charge is 2.09. The maximum Gasteiger partial charge on any atom is 0.0494 e. The highest BCUT2D eigenvalue weighted by molar-refractivity contribution is 14.1. The Labute approximate surface area is 126 Å². The molecule has 0 aliphatic carbocycles. The molecule has 2 aromatic carbocycles. The van der Waals surface area contributed by atoms with E-state index in [1.54, 1.807) is 0 Å². The zero-order valence-electron chi connectivity index (χ0n) is 8.78. The van der Waals surface area contributed by atoms with Crippen LogP contribution >= 0.6 is 49.9 Å². The molecule has 0 radical (unpaired) electrons. The molecule has 3 rings (SSSR count). The zero-order valence-corrected chi connectivity index (χ0v) is 13.3. The Balaban J connectivity index is 2.27. The molecule has 0 aliphatic heterocycles. The number of hydrogen-bond acceptors (Lipinski definition) is 1. The second-order valence-electron chi connectivity index (χ2n) is 3.75. The maximum absolute atomic E-state index is 3.62. The van der Waals surface area contributed by atoms with Crippen molar-refractivity contribution in [2.45, 2.75) is 0 Å². The lowest BCUT2D eigenvalue weighted by Crippen LogP contribution is -1.71. The molecule has 0 unspecified atom stereocenters. The first-order chi connectivity index (χ1) is 8.25. The molecular weight excluding hydrogens is 407 g/mol. The topological polar surface area (TPSA) is 0 Å². The van der Waals surface area contributed by atoms with Crippen LogP contribution in [0.25, 0.3) is 20.5 Å². The zero-order chi connectivity index (χ0) is 11.8. The van der Waals surface area contributed by atoms with E-state index in [2.05, 4.69) is 87.1 Å². The molecular formula is C14H8BrIS. The Morgan fingerprint density at radius 3 is 2.47 bits per heavy atom. The minimum Gasteiger partial charge on any atom is -0.134 e. The lowest BCUT2D eigenvalue weighted by atomic mass is 10.1. The summed E-state index contributed by atoms with van der Waals surface area (Å²) >= 11 is 7.87. The van der Waals surface area contributed by atoms with E-state index in [1.807, 2.05) is 11.3 Å². The van der Waals surface area contributed by atoms with Gasteiger partial charge in [-0.15, -0.1) is 11.3 Å². The van der Waals surface area contributed by atoms with E-state index in [0.29, 0.717) is 0 Å². The van der Waals surface area contributed by atoms with Gasteiger partial charge in [-0.2, -0.15) is 0 Å². The predicted molar refractivity (Wildman–Crippen MR) is 87.7 cm³/mol. The second kappa shape index (κ2) is 4.71. The largest absolute Gasteiger partial charge is 0.134 e. The van der Waals surface area contributed by atoms with Gasteiger partial charge in [0.15, 0.2) is 0 Å². The second-order valence-corrected chi connectivity index (χ2v) is 6.82. The fourth-order valence-electron chi connectivity index (χ4n) is 1.80. The summed E-state index contributed by atoms with van der Waals surface area (Å²) in [6, 6.07) is 17.1. The van der Waals surface area contributed by atoms with Crippen molar-refractivity contribution >= 4 is 59.9 Å². The third-order valence-electron chi connectivity index (χ3n) is 2.64. The standard InChI is InChI=1S/C14H8BrIS/c15-11-6-7-12(16)14-10(11)8-13(17-14)9-4-2-1-3-5-9/h1-8H. The summed E-state index contributed by atoms with van der Waals surface area (Å²) < 4.78 is 3.85. The number of rotatable bonds is 1. The van der Waals surface area contributed by atoms with E-state index in [-0.39, 0.29) is 0 Å². The Kier molecular flexibility index (Phi) is 3.23. The van der Waals surface area contributed by atoms with Crippen LogP contribution in [0.2, 0.25) is 0 Å². The molecule has 0 N–H and O–H groups in total. The predicted octanol–water partition coefficient (Wildman–Crippen LogP) is 5.94. The number of halogens is 2. The summed E-state index contributed by atoms with van der Waals surface area (Å²) in [4.78, 5) is 1.32. The van der Waals surface area contributed by atoms with Crippen LogP contribution in [0.1, 0.15) is 0 Å². The summed E-state index contributed by atoms with van der Waals surface area (Å²) in [6.07, 6.45) is 0. The lowest BCUT2D eigenvalue weighted by Gasteiger charge is -1.95. The van der Waals surface area contributed by atoms with Gasteiger partial charge in [-0.1, -0.05) is 46.3 Å². The third-order valence-corrected chi connectivity index (χ3v) is 5.81. The Bertz CT molecular complexity index is 634. The maximum atomic E-state index is 3.62. The highest BCUT2D eigenvalue weighted by Crippen LogP contribution is 2.39. The summed E-state index contributed by atoms with van der Waals surface area (Å²) in [5.41, 5.74) is 1.29. The first-order valence-corrected chi connectivity index (χ1v) is 7.87. The first-order valence-electron chi connectivity index (χ1n) is 5.18. The molecule has 0 bridgehead atoms. The molecule has 0 aliphatic rings. The van der Waals surface area contributed by atoms with Gasteiger partial charge in [0.2, 0.25) is 0 Å². The van der Waals surface area contributed by atoms with Crippen molar-refractivity contribution in [3.63, 3.8) is 0 Å². The van der Waals surface area contributed by atoms with Gasteiger partial charge in [0.05, 0.1) is 0 Å². The summed E-state index contributed by atoms with van der Waals surface area (Å²) in [6.45, 7) is 0. The molecule has 0 spiro atoms. The molecule has 3 aromatic rings. The van der Waals surface area contributed by atoms with Crippen molar-refractivity contribution < 1.29 is 0 Å². The Hall–Kier alpha value is -0.390. The average Bonchev–Trinajstić information content (AvgIpc) is 2.81. The van der Waals surface area contributed by atoms with Crippen LogP contribution in [-0.4, -0.2) is 0 Å². The first kappa shape index (κ1) is 11.7. The molecule has 0 nitrogen and oxygen atoms in total. The molecule has 17 heavy (non-hydrogen) atoms. The van der Waals surface area contributed by atoms with Crippen LogP contribution in [0.15, 0.2) is 53.0 Å². The molecule has 1 heterocycles. The Morgan fingerprint density at radius 2 is 1.76 bits per heavy atom. The molecule has 0 amide bonds. The van der Waals surface area contributed by atoms with Crippen molar-refractivity contribution in [3.8, 4) is 10.4 Å². The fraction of sp³-hybridized carbons (Fsp3) is 0. The van der Waals surface area contributed by atoms with Gasteiger partial charge in [0.25, 0.3) is 0 Å². The molecule has 0 atom stereocenters. The van der Waals surface area contributed by atoms with Crippen LogP contribution in [0.5, 0.6) is 0 Å². The smallest absolute Gasteiger partial charge is 0.0494 e. The Morgan fingerprint density at radius 1 is 1.00 bits per heavy atom. The monoisotopic (exact) mass is 414 g/mol. The van der Waals surface area contributed by atoms with Crippen LogP contribution in [0.3, 0.4) is 0 Å². The van der Waals surface area contributed by atoms with E-state index in [9.17, 15) is 0 Å². The molecule has 3 heteroatoms. The van der Waals surface area contributed by atoms with Gasteiger partial charge in [-0.05, 0) is 46.4 Å². The minimum absolute atomic E-state index is 1.17. The highest BCUT2D eigenvalue weighted by atomic mass is 127. The van der Waals surface area contributed by atoms with Crippen molar-refractivity contribution in [1.29, 1.82) is 0 Å². The van der Waals surface area contributed by atoms with Gasteiger partial charge in [0.1, 0.15) is 0 Å². The van der Waals surface area contributed by atoms with Crippen molar-refractivity contribution in [2.24, 2.45) is 0 Å². The molecule has 1 aromatic heterocycles. The van der Waals surface area contributed by atoms with Gasteiger partial charge in [0, 0.05) is 23.0 Å². The van der Waals surface area contributed by atoms with Gasteiger partial charge < -0.3 is 0 Å². The molecule has 0 fully saturated rings. The SMILES string of the molecule is Brc1ccc(I)c2sc(-c3ccccc3)cc12. The lowest BCUT2D eigenvalue weighted by molar-refractivity contribution is 1.70. The fourth-order valence-corrected chi connectivity index (χ4v) is 4.27. The average molecular weight is 415 g/mol. The van der Waals surface area contributed by atoms with Crippen LogP contribution < -0.4 is 0 Å². The molecule has 0 saturated heterocycles. The van der Waals surface area contributed by atoms with Crippen molar-refractivity contribution in [1.82, 2.24) is 0 Å². The van der Waals surface area contributed by atoms with Gasteiger partial charge in [-0.25, -0.2) is 0 Å². The number of thiophene rings is 1. The van der Waals surface area contributed by atoms with Crippen LogP contribution in [0.4, 0.5) is 0 Å². The molecule has 0 saturated carbocycles. The molecule has 84 valence electrons. The van der Waals surface area contributed by atoms with E-state index < -0.39 is 0 Å². The number of benzene rings is 2. The van der Waals surface area contributed by atoms with E-state index in [1.165, 1.54) is 28.6 Å². The van der Waals surface area contributed by atoms with Crippen LogP contribution in [-0.2, 0) is 0 Å². The third kappa shape index (κ3) is 2.16. The quantitative estimate of drug-likeness (QED) is 0.432. The van der Waals surface area contributed by atoms with E-state index in [0.717, 1.165) is 0 Å². The summed E-state index contributed by atoms with van der Waals surface area (Å²) in [7, 11) is 0. The van der Waals surface area contributed by atoms with Crippen molar-refractivity contribution in [3.05, 3.63) is 56.6 Å². The minimum atomic E-state index is 1.17. The van der Waals surface area contributed by atoms with Crippen LogP contribution in [0, 0.1) is 3.57 Å². The van der Waals surface area contributed by atoms with E-state index >= 15 is 0 Å². The van der Waals surface area contributed by atoms with Gasteiger partial charge in [-0.3, -0.25) is 0 Å². The number of hydrogen-bond donors (Lipinski definition) is 0. The summed E-state index contributed by atoms with van der Waals surface area (Å²) in [5, 5.41) is 1.31. The van der Waals surface area contributed by atoms with Gasteiger partial charge >= 0.3 is 0 Å².